The monoisotopic (exact) mass is 306 g/mol. The summed E-state index contributed by atoms with van der Waals surface area (Å²) in [5.74, 6) is 2.39. The third-order valence-corrected chi connectivity index (χ3v) is 4.78. The maximum atomic E-state index is 12.2. The molecule has 1 aromatic rings. The Morgan fingerprint density at radius 3 is 2.73 bits per heavy atom. The third-order valence-electron chi connectivity index (χ3n) is 4.78. The number of carbonyl (C=O) groups excluding carboxylic acids is 1. The Morgan fingerprint density at radius 1 is 1.36 bits per heavy atom. The van der Waals surface area contributed by atoms with Crippen LogP contribution in [-0.2, 0) is 4.79 Å². The first-order chi connectivity index (χ1) is 10.7. The molecule has 1 aromatic heterocycles. The molecule has 1 unspecified atom stereocenters. The van der Waals surface area contributed by atoms with E-state index in [1.165, 1.54) is 0 Å². The molecular weight excluding hydrogens is 280 g/mol. The molecule has 1 aliphatic carbocycles. The predicted molar refractivity (Wildman–Crippen MR) is 82.3 cm³/mol. The number of rotatable bonds is 6. The minimum atomic E-state index is -0.205. The van der Waals surface area contributed by atoms with Gasteiger partial charge < -0.3 is 14.7 Å². The third kappa shape index (κ3) is 3.85. The van der Waals surface area contributed by atoms with Crippen molar-refractivity contribution in [2.24, 2.45) is 5.92 Å². The molecule has 1 amide bonds. The normalized spacial score (nSPS) is 21.7. The van der Waals surface area contributed by atoms with Crippen LogP contribution in [0, 0.1) is 5.92 Å². The van der Waals surface area contributed by atoms with Crippen molar-refractivity contribution in [1.82, 2.24) is 20.4 Å². The fourth-order valence-corrected chi connectivity index (χ4v) is 3.06. The van der Waals surface area contributed by atoms with E-state index in [0.717, 1.165) is 51.1 Å². The number of nitrogens with one attached hydrogen (secondary N) is 1. The Kier molecular flexibility index (Phi) is 4.76. The van der Waals surface area contributed by atoms with E-state index >= 15 is 0 Å². The summed E-state index contributed by atoms with van der Waals surface area (Å²) in [5.41, 5.74) is 0. The van der Waals surface area contributed by atoms with Gasteiger partial charge in [-0.05, 0) is 58.2 Å². The number of amides is 1. The van der Waals surface area contributed by atoms with Gasteiger partial charge in [0.25, 0.3) is 0 Å². The molecule has 3 rings (SSSR count). The molecule has 2 aliphatic rings. The molecule has 1 saturated heterocycles. The first-order valence-corrected chi connectivity index (χ1v) is 8.51. The molecule has 1 N–H and O–H groups in total. The second kappa shape index (κ2) is 6.77. The topological polar surface area (TPSA) is 71.3 Å². The molecule has 2 fully saturated rings. The lowest BCUT2D eigenvalue weighted by molar-refractivity contribution is -0.123. The van der Waals surface area contributed by atoms with E-state index in [2.05, 4.69) is 27.3 Å². The van der Waals surface area contributed by atoms with E-state index in [1.54, 1.807) is 0 Å². The van der Waals surface area contributed by atoms with Gasteiger partial charge >= 0.3 is 0 Å². The highest BCUT2D eigenvalue weighted by Crippen LogP contribution is 2.38. The molecule has 2 heterocycles. The lowest BCUT2D eigenvalue weighted by Gasteiger charge is -2.30. The van der Waals surface area contributed by atoms with Crippen molar-refractivity contribution in [1.29, 1.82) is 0 Å². The first kappa shape index (κ1) is 15.5. The molecule has 0 bridgehead atoms. The van der Waals surface area contributed by atoms with Gasteiger partial charge in [-0.15, -0.1) is 0 Å². The number of nitrogens with zero attached hydrogens (tertiary/aromatic N) is 3. The zero-order valence-corrected chi connectivity index (χ0v) is 13.5. The Balaban J connectivity index is 1.44. The van der Waals surface area contributed by atoms with Crippen LogP contribution >= 0.6 is 0 Å². The average Bonchev–Trinajstić information content (AvgIpc) is 3.25. The van der Waals surface area contributed by atoms with E-state index in [4.69, 9.17) is 4.52 Å². The molecule has 1 saturated carbocycles. The number of aromatic nitrogens is 2. The van der Waals surface area contributed by atoms with E-state index in [9.17, 15) is 4.79 Å². The highest BCUT2D eigenvalue weighted by atomic mass is 16.5. The number of piperidine rings is 1. The zero-order valence-electron chi connectivity index (χ0n) is 13.5. The molecule has 1 atom stereocenters. The molecule has 0 spiro atoms. The molecule has 22 heavy (non-hydrogen) atoms. The average molecular weight is 306 g/mol. The van der Waals surface area contributed by atoms with Gasteiger partial charge in [0.15, 0.2) is 5.82 Å². The molecule has 122 valence electrons. The van der Waals surface area contributed by atoms with E-state index in [0.29, 0.717) is 24.1 Å². The second-order valence-electron chi connectivity index (χ2n) is 6.64. The van der Waals surface area contributed by atoms with Crippen molar-refractivity contribution < 1.29 is 9.32 Å². The predicted octanol–water partition coefficient (Wildman–Crippen LogP) is 2.25. The van der Waals surface area contributed by atoms with Crippen LogP contribution in [0.2, 0.25) is 0 Å². The lowest BCUT2D eigenvalue weighted by atomic mass is 9.93. The number of hydrogen-bond donors (Lipinski definition) is 1. The highest BCUT2D eigenvalue weighted by Gasteiger charge is 2.30. The van der Waals surface area contributed by atoms with Crippen molar-refractivity contribution in [3.63, 3.8) is 0 Å². The number of carbonyl (C=O) groups is 1. The number of hydrogen-bond acceptors (Lipinski definition) is 5. The summed E-state index contributed by atoms with van der Waals surface area (Å²) >= 11 is 0. The second-order valence-corrected chi connectivity index (χ2v) is 6.64. The summed E-state index contributed by atoms with van der Waals surface area (Å²) < 4.78 is 5.26. The van der Waals surface area contributed by atoms with Crippen molar-refractivity contribution in [3.05, 3.63) is 11.7 Å². The minimum Gasteiger partial charge on any atom is -0.345 e. The van der Waals surface area contributed by atoms with Crippen molar-refractivity contribution in [2.75, 3.05) is 19.6 Å². The first-order valence-electron chi connectivity index (χ1n) is 8.51. The Morgan fingerprint density at radius 2 is 2.09 bits per heavy atom. The van der Waals surface area contributed by atoms with Crippen LogP contribution in [0.3, 0.4) is 0 Å². The highest BCUT2D eigenvalue weighted by molar-refractivity contribution is 5.76. The van der Waals surface area contributed by atoms with E-state index in [1.807, 2.05) is 6.92 Å². The van der Waals surface area contributed by atoms with E-state index < -0.39 is 0 Å². The molecule has 0 radical (unpaired) electrons. The van der Waals surface area contributed by atoms with Gasteiger partial charge in [-0.25, -0.2) is 0 Å². The summed E-state index contributed by atoms with van der Waals surface area (Å²) in [7, 11) is 0. The molecule has 1 aliphatic heterocycles. The summed E-state index contributed by atoms with van der Waals surface area (Å²) in [6, 6.07) is -0.205. The largest absolute Gasteiger partial charge is 0.345 e. The van der Waals surface area contributed by atoms with Crippen LogP contribution in [0.15, 0.2) is 4.52 Å². The smallest absolute Gasteiger partial charge is 0.248 e. The number of likely N-dealkylation sites (tertiary alicyclic amines) is 1. The zero-order chi connectivity index (χ0) is 15.5. The van der Waals surface area contributed by atoms with Gasteiger partial charge in [0.05, 0.1) is 0 Å². The van der Waals surface area contributed by atoms with Crippen LogP contribution in [-0.4, -0.2) is 40.6 Å². The summed E-state index contributed by atoms with van der Waals surface area (Å²) in [6.07, 6.45) is 5.13. The van der Waals surface area contributed by atoms with Crippen molar-refractivity contribution >= 4 is 5.91 Å². The van der Waals surface area contributed by atoms with Crippen LogP contribution in [0.1, 0.15) is 69.6 Å². The maximum Gasteiger partial charge on any atom is 0.248 e. The van der Waals surface area contributed by atoms with Crippen molar-refractivity contribution in [3.8, 4) is 0 Å². The van der Waals surface area contributed by atoms with Crippen LogP contribution < -0.4 is 5.32 Å². The van der Waals surface area contributed by atoms with Gasteiger partial charge in [-0.1, -0.05) is 12.1 Å². The van der Waals surface area contributed by atoms with Crippen molar-refractivity contribution in [2.45, 2.75) is 57.9 Å². The Labute approximate surface area is 131 Å². The summed E-state index contributed by atoms with van der Waals surface area (Å²) in [4.78, 5) is 19.0. The fourth-order valence-electron chi connectivity index (χ4n) is 3.06. The van der Waals surface area contributed by atoms with E-state index in [-0.39, 0.29) is 11.9 Å². The minimum absolute atomic E-state index is 0.0913. The Bertz CT molecular complexity index is 504. The molecule has 6 nitrogen and oxygen atoms in total. The Hall–Kier alpha value is -1.43. The van der Waals surface area contributed by atoms with Crippen LogP contribution in [0.4, 0.5) is 0 Å². The van der Waals surface area contributed by atoms with Gasteiger partial charge in [-0.2, -0.15) is 4.98 Å². The van der Waals surface area contributed by atoms with Crippen LogP contribution in [0.25, 0.3) is 0 Å². The standard InChI is InChI=1S/C16H26N4O2/c1-3-20-8-6-12(7-9-20)10-14(21)17-11(2)16-18-15(19-22-16)13-4-5-13/h11-13H,3-10H2,1-2H3,(H,17,21). The van der Waals surface area contributed by atoms with Gasteiger partial charge in [-0.3, -0.25) is 4.79 Å². The van der Waals surface area contributed by atoms with Gasteiger partial charge in [0, 0.05) is 12.3 Å². The van der Waals surface area contributed by atoms with Gasteiger partial charge in [0.1, 0.15) is 6.04 Å². The van der Waals surface area contributed by atoms with Crippen LogP contribution in [0.5, 0.6) is 0 Å². The fraction of sp³-hybridized carbons (Fsp3) is 0.812. The molecule has 0 aromatic carbocycles. The lowest BCUT2D eigenvalue weighted by Crippen LogP contribution is -2.36. The molecule has 6 heteroatoms. The molecular formula is C16H26N4O2. The quantitative estimate of drug-likeness (QED) is 0.873. The maximum absolute atomic E-state index is 12.2. The van der Waals surface area contributed by atoms with Gasteiger partial charge in [0.2, 0.25) is 11.8 Å². The summed E-state index contributed by atoms with van der Waals surface area (Å²) in [5, 5.41) is 6.99. The summed E-state index contributed by atoms with van der Waals surface area (Å²) in [6.45, 7) is 7.42. The SMILES string of the molecule is CCN1CCC(CC(=O)NC(C)c2nc(C3CC3)no2)CC1.